The molecule has 3 atom stereocenters. The van der Waals surface area contributed by atoms with E-state index in [9.17, 15) is 4.79 Å². The van der Waals surface area contributed by atoms with Crippen LogP contribution in [0.25, 0.3) is 0 Å². The number of rotatable bonds is 2. The average molecular weight is 289 g/mol. The minimum Gasteiger partial charge on any atom is -0.341 e. The van der Waals surface area contributed by atoms with E-state index < -0.39 is 0 Å². The molecule has 0 aromatic rings. The first-order valence-electron chi connectivity index (χ1n) is 6.17. The summed E-state index contributed by atoms with van der Waals surface area (Å²) in [6.45, 7) is 3.63. The van der Waals surface area contributed by atoms with Gasteiger partial charge in [-0.3, -0.25) is 4.79 Å². The zero-order chi connectivity index (χ0) is 11.8. The molecule has 3 nitrogen and oxygen atoms in total. The van der Waals surface area contributed by atoms with Crippen LogP contribution in [0.5, 0.6) is 0 Å². The van der Waals surface area contributed by atoms with Gasteiger partial charge in [0.25, 0.3) is 0 Å². The van der Waals surface area contributed by atoms with Crippen LogP contribution in [0.15, 0.2) is 0 Å². The van der Waals surface area contributed by atoms with Crippen LogP contribution < -0.4 is 5.73 Å². The number of hydrogen-bond donors (Lipinski definition) is 1. The molecule has 0 bridgehead atoms. The van der Waals surface area contributed by atoms with Crippen molar-refractivity contribution in [2.24, 2.45) is 17.1 Å². The van der Waals surface area contributed by atoms with E-state index in [0.717, 1.165) is 24.3 Å². The molecule has 1 heterocycles. The number of hydrogen-bond acceptors (Lipinski definition) is 2. The smallest absolute Gasteiger partial charge is 0.239 e. The van der Waals surface area contributed by atoms with Crippen molar-refractivity contribution in [2.45, 2.75) is 38.6 Å². The third-order valence-corrected chi connectivity index (χ3v) is 5.08. The highest BCUT2D eigenvalue weighted by Crippen LogP contribution is 2.48. The van der Waals surface area contributed by atoms with Crippen LogP contribution in [0.1, 0.15) is 32.6 Å². The van der Waals surface area contributed by atoms with Crippen molar-refractivity contribution in [1.29, 1.82) is 0 Å². The van der Waals surface area contributed by atoms with Gasteiger partial charge in [0.15, 0.2) is 0 Å². The molecule has 16 heavy (non-hydrogen) atoms. The standard InChI is InChI=1S/C12H21BrN2O/c1-9(14)11(16)15-5-4-12(8-15)3-2-10(6-12)7-13/h9-10H,2-8,14H2,1H3/t9-,10-,12-/m1/s1. The lowest BCUT2D eigenvalue weighted by molar-refractivity contribution is -0.131. The molecule has 0 aromatic carbocycles. The Balaban J connectivity index is 1.95. The molecule has 1 saturated heterocycles. The van der Waals surface area contributed by atoms with Crippen molar-refractivity contribution in [3.63, 3.8) is 0 Å². The summed E-state index contributed by atoms with van der Waals surface area (Å²) in [5.41, 5.74) is 6.08. The first-order chi connectivity index (χ1) is 7.56. The number of alkyl halides is 1. The quantitative estimate of drug-likeness (QED) is 0.787. The summed E-state index contributed by atoms with van der Waals surface area (Å²) in [5, 5.41) is 1.11. The Morgan fingerprint density at radius 2 is 2.38 bits per heavy atom. The maximum Gasteiger partial charge on any atom is 0.239 e. The lowest BCUT2D eigenvalue weighted by Crippen LogP contribution is -2.41. The second-order valence-corrected chi connectivity index (χ2v) is 6.21. The van der Waals surface area contributed by atoms with Gasteiger partial charge in [-0.2, -0.15) is 0 Å². The highest BCUT2D eigenvalue weighted by molar-refractivity contribution is 9.09. The third kappa shape index (κ3) is 2.28. The topological polar surface area (TPSA) is 46.3 Å². The van der Waals surface area contributed by atoms with Crippen LogP contribution in [0.4, 0.5) is 0 Å². The van der Waals surface area contributed by atoms with E-state index >= 15 is 0 Å². The van der Waals surface area contributed by atoms with Crippen molar-refractivity contribution in [1.82, 2.24) is 4.90 Å². The van der Waals surface area contributed by atoms with Gasteiger partial charge >= 0.3 is 0 Å². The molecule has 2 aliphatic rings. The molecule has 4 heteroatoms. The third-order valence-electron chi connectivity index (χ3n) is 4.16. The van der Waals surface area contributed by atoms with Gasteiger partial charge in [0.05, 0.1) is 6.04 Å². The number of carbonyl (C=O) groups is 1. The molecule has 1 aliphatic heterocycles. The molecule has 1 spiro atoms. The maximum absolute atomic E-state index is 11.8. The second-order valence-electron chi connectivity index (χ2n) is 5.56. The summed E-state index contributed by atoms with van der Waals surface area (Å²) in [5.74, 6) is 0.935. The lowest BCUT2D eigenvalue weighted by atomic mass is 9.85. The molecule has 1 aliphatic carbocycles. The van der Waals surface area contributed by atoms with Gasteiger partial charge in [0, 0.05) is 18.4 Å². The monoisotopic (exact) mass is 288 g/mol. The molecule has 1 saturated carbocycles. The molecule has 92 valence electrons. The first kappa shape index (κ1) is 12.4. The number of amides is 1. The number of nitrogens with zero attached hydrogens (tertiary/aromatic N) is 1. The van der Waals surface area contributed by atoms with Crippen LogP contribution in [-0.2, 0) is 4.79 Å². The number of likely N-dealkylation sites (tertiary alicyclic amines) is 1. The molecule has 0 aromatic heterocycles. The molecular formula is C12H21BrN2O. The van der Waals surface area contributed by atoms with Crippen LogP contribution in [0, 0.1) is 11.3 Å². The van der Waals surface area contributed by atoms with E-state index in [4.69, 9.17) is 5.73 Å². The summed E-state index contributed by atoms with van der Waals surface area (Å²) < 4.78 is 0. The first-order valence-corrected chi connectivity index (χ1v) is 7.29. The van der Waals surface area contributed by atoms with Gasteiger partial charge in [0.1, 0.15) is 0 Å². The van der Waals surface area contributed by atoms with Crippen LogP contribution in [-0.4, -0.2) is 35.3 Å². The van der Waals surface area contributed by atoms with E-state index in [0.29, 0.717) is 5.41 Å². The predicted molar refractivity (Wildman–Crippen MR) is 68.4 cm³/mol. The number of halogens is 1. The van der Waals surface area contributed by atoms with Gasteiger partial charge in [0.2, 0.25) is 5.91 Å². The predicted octanol–water partition coefficient (Wildman–Crippen LogP) is 1.75. The number of carbonyl (C=O) groups excluding carboxylic acids is 1. The van der Waals surface area contributed by atoms with Gasteiger partial charge in [-0.05, 0) is 43.9 Å². The molecule has 0 radical (unpaired) electrons. The second kappa shape index (κ2) is 4.65. The Morgan fingerprint density at radius 1 is 1.62 bits per heavy atom. The minimum absolute atomic E-state index is 0.124. The summed E-state index contributed by atoms with van der Waals surface area (Å²) in [4.78, 5) is 13.8. The molecule has 1 amide bonds. The number of nitrogens with two attached hydrogens (primary N) is 1. The Morgan fingerprint density at radius 3 is 2.94 bits per heavy atom. The summed E-state index contributed by atoms with van der Waals surface area (Å²) in [6.07, 6.45) is 5.05. The van der Waals surface area contributed by atoms with E-state index in [1.165, 1.54) is 25.7 Å². The van der Waals surface area contributed by atoms with E-state index in [1.54, 1.807) is 6.92 Å². The van der Waals surface area contributed by atoms with Crippen molar-refractivity contribution >= 4 is 21.8 Å². The van der Waals surface area contributed by atoms with E-state index in [2.05, 4.69) is 15.9 Å². The highest BCUT2D eigenvalue weighted by Gasteiger charge is 2.44. The maximum atomic E-state index is 11.8. The summed E-state index contributed by atoms with van der Waals surface area (Å²) in [7, 11) is 0. The van der Waals surface area contributed by atoms with Gasteiger partial charge in [-0.15, -0.1) is 0 Å². The lowest BCUT2D eigenvalue weighted by Gasteiger charge is -2.25. The molecule has 2 N–H and O–H groups in total. The van der Waals surface area contributed by atoms with Gasteiger partial charge in [-0.1, -0.05) is 15.9 Å². The zero-order valence-electron chi connectivity index (χ0n) is 9.92. The van der Waals surface area contributed by atoms with Gasteiger partial charge < -0.3 is 10.6 Å². The van der Waals surface area contributed by atoms with Crippen molar-refractivity contribution in [3.05, 3.63) is 0 Å². The Kier molecular flexibility index (Phi) is 3.59. The molecule has 2 rings (SSSR count). The molecular weight excluding hydrogens is 268 g/mol. The Hall–Kier alpha value is -0.0900. The SMILES string of the molecule is C[C@@H](N)C(=O)N1CC[C@@]2(CC[C@@H](CBr)C2)C1. The minimum atomic E-state index is -0.344. The van der Waals surface area contributed by atoms with Crippen LogP contribution >= 0.6 is 15.9 Å². The van der Waals surface area contributed by atoms with Gasteiger partial charge in [-0.25, -0.2) is 0 Å². The highest BCUT2D eigenvalue weighted by atomic mass is 79.9. The summed E-state index contributed by atoms with van der Waals surface area (Å²) >= 11 is 3.57. The summed E-state index contributed by atoms with van der Waals surface area (Å²) in [6, 6.07) is -0.344. The average Bonchev–Trinajstić information content (AvgIpc) is 2.85. The zero-order valence-corrected chi connectivity index (χ0v) is 11.5. The molecule has 0 unspecified atom stereocenters. The Bertz CT molecular complexity index is 282. The van der Waals surface area contributed by atoms with Crippen molar-refractivity contribution in [2.75, 3.05) is 18.4 Å². The normalized spacial score (nSPS) is 35.9. The fourth-order valence-corrected chi connectivity index (χ4v) is 3.79. The van der Waals surface area contributed by atoms with Crippen molar-refractivity contribution in [3.8, 4) is 0 Å². The van der Waals surface area contributed by atoms with E-state index in [-0.39, 0.29) is 11.9 Å². The molecule has 2 fully saturated rings. The van der Waals surface area contributed by atoms with Crippen molar-refractivity contribution < 1.29 is 4.79 Å². The fourth-order valence-electron chi connectivity index (χ4n) is 3.24. The van der Waals surface area contributed by atoms with Crippen LogP contribution in [0.3, 0.4) is 0 Å². The fraction of sp³-hybridized carbons (Fsp3) is 0.917. The largest absolute Gasteiger partial charge is 0.341 e. The Labute approximate surface area is 106 Å². The van der Waals surface area contributed by atoms with E-state index in [1.807, 2.05) is 4.90 Å². The van der Waals surface area contributed by atoms with Crippen LogP contribution in [0.2, 0.25) is 0 Å².